The highest BCUT2D eigenvalue weighted by Gasteiger charge is 2.32. The summed E-state index contributed by atoms with van der Waals surface area (Å²) in [5, 5.41) is 4.37. The molecular formula is C16H19F3N4OS. The van der Waals surface area contributed by atoms with Crippen LogP contribution in [0.3, 0.4) is 0 Å². The molecule has 0 aliphatic rings. The number of para-hydroxylation sites is 1. The Kier molecular flexibility index (Phi) is 6.02. The molecule has 0 spiro atoms. The minimum atomic E-state index is -4.72. The van der Waals surface area contributed by atoms with E-state index in [2.05, 4.69) is 16.4 Å². The van der Waals surface area contributed by atoms with Gasteiger partial charge in [0.05, 0.1) is 6.67 Å². The summed E-state index contributed by atoms with van der Waals surface area (Å²) in [6.07, 6.45) is -3.00. The zero-order chi connectivity index (χ0) is 18.6. The summed E-state index contributed by atoms with van der Waals surface area (Å²) in [5.74, 6) is 0.540. The molecule has 0 bridgehead atoms. The summed E-state index contributed by atoms with van der Waals surface area (Å²) >= 11 is 5.37. The first-order chi connectivity index (χ1) is 11.7. The molecule has 25 heavy (non-hydrogen) atoms. The number of hydrogen-bond donors (Lipinski definition) is 0. The quantitative estimate of drug-likeness (QED) is 0.546. The van der Waals surface area contributed by atoms with Crippen LogP contribution < -0.4 is 4.74 Å². The van der Waals surface area contributed by atoms with Crippen molar-refractivity contribution in [1.82, 2.24) is 19.2 Å². The normalized spacial score (nSPS) is 11.8. The molecule has 0 saturated carbocycles. The van der Waals surface area contributed by atoms with Crippen LogP contribution in [0.1, 0.15) is 11.4 Å². The first-order valence-corrected chi connectivity index (χ1v) is 7.89. The lowest BCUT2D eigenvalue weighted by Gasteiger charge is -2.19. The van der Waals surface area contributed by atoms with Gasteiger partial charge in [-0.15, -0.1) is 19.8 Å². The maximum atomic E-state index is 12.5. The Bertz CT molecular complexity index is 797. The zero-order valence-corrected chi connectivity index (χ0v) is 14.8. The molecule has 1 aromatic carbocycles. The molecule has 0 aliphatic heterocycles. The van der Waals surface area contributed by atoms with Gasteiger partial charge in [-0.1, -0.05) is 24.3 Å². The van der Waals surface area contributed by atoms with E-state index in [1.807, 2.05) is 11.5 Å². The van der Waals surface area contributed by atoms with Crippen LogP contribution in [0.2, 0.25) is 0 Å². The molecular weight excluding hydrogens is 353 g/mol. The highest BCUT2D eigenvalue weighted by atomic mass is 32.1. The molecule has 5 nitrogen and oxygen atoms in total. The molecule has 2 rings (SSSR count). The van der Waals surface area contributed by atoms with Crippen LogP contribution in [0.5, 0.6) is 5.75 Å². The number of nitrogens with zero attached hydrogens (tertiary/aromatic N) is 4. The van der Waals surface area contributed by atoms with Crippen molar-refractivity contribution >= 4 is 12.2 Å². The number of benzene rings is 1. The number of halogens is 3. The van der Waals surface area contributed by atoms with E-state index in [9.17, 15) is 13.2 Å². The van der Waals surface area contributed by atoms with E-state index >= 15 is 0 Å². The van der Waals surface area contributed by atoms with Gasteiger partial charge < -0.3 is 9.30 Å². The van der Waals surface area contributed by atoms with Crippen LogP contribution in [-0.4, -0.2) is 32.7 Å². The van der Waals surface area contributed by atoms with E-state index in [0.29, 0.717) is 23.5 Å². The van der Waals surface area contributed by atoms with Gasteiger partial charge in [0.1, 0.15) is 11.6 Å². The average molecular weight is 372 g/mol. The Balaban J connectivity index is 2.14. The van der Waals surface area contributed by atoms with Crippen molar-refractivity contribution in [1.29, 1.82) is 0 Å². The van der Waals surface area contributed by atoms with Gasteiger partial charge >= 0.3 is 6.36 Å². The molecule has 0 saturated heterocycles. The van der Waals surface area contributed by atoms with Crippen LogP contribution in [0, 0.1) is 11.7 Å². The lowest BCUT2D eigenvalue weighted by molar-refractivity contribution is -0.275. The fourth-order valence-electron chi connectivity index (χ4n) is 2.41. The number of hydrogen-bond acceptors (Lipinski definition) is 4. The highest BCUT2D eigenvalue weighted by molar-refractivity contribution is 7.71. The van der Waals surface area contributed by atoms with Crippen LogP contribution in [0.15, 0.2) is 36.9 Å². The maximum absolute atomic E-state index is 12.5. The number of ether oxygens (including phenoxy) is 1. The van der Waals surface area contributed by atoms with Gasteiger partial charge in [-0.2, -0.15) is 5.10 Å². The molecule has 0 unspecified atom stereocenters. The van der Waals surface area contributed by atoms with Crippen molar-refractivity contribution < 1.29 is 17.9 Å². The van der Waals surface area contributed by atoms with Crippen LogP contribution in [0.25, 0.3) is 0 Å². The molecule has 0 atom stereocenters. The van der Waals surface area contributed by atoms with Gasteiger partial charge in [-0.3, -0.25) is 4.90 Å². The van der Waals surface area contributed by atoms with Crippen molar-refractivity contribution in [2.24, 2.45) is 0 Å². The van der Waals surface area contributed by atoms with Crippen molar-refractivity contribution in [2.75, 3.05) is 7.05 Å². The summed E-state index contributed by atoms with van der Waals surface area (Å²) < 4.78 is 45.6. The second-order valence-electron chi connectivity index (χ2n) is 5.54. The monoisotopic (exact) mass is 372 g/mol. The Morgan fingerprint density at radius 3 is 2.68 bits per heavy atom. The predicted molar refractivity (Wildman–Crippen MR) is 90.6 cm³/mol. The maximum Gasteiger partial charge on any atom is 0.573 e. The number of aromatic nitrogens is 3. The van der Waals surface area contributed by atoms with E-state index in [1.165, 1.54) is 12.1 Å². The summed E-state index contributed by atoms with van der Waals surface area (Å²) in [6, 6.07) is 6.06. The Morgan fingerprint density at radius 1 is 1.36 bits per heavy atom. The number of aryl methyl sites for hydroxylation is 1. The number of alkyl halides is 3. The fraction of sp³-hybridized carbons (Fsp3) is 0.375. The zero-order valence-electron chi connectivity index (χ0n) is 14.0. The van der Waals surface area contributed by atoms with E-state index in [0.717, 1.165) is 5.82 Å². The highest BCUT2D eigenvalue weighted by Crippen LogP contribution is 2.27. The van der Waals surface area contributed by atoms with Gasteiger partial charge in [0.25, 0.3) is 0 Å². The van der Waals surface area contributed by atoms with E-state index in [4.69, 9.17) is 12.2 Å². The van der Waals surface area contributed by atoms with E-state index < -0.39 is 6.36 Å². The minimum absolute atomic E-state index is 0.209. The average Bonchev–Trinajstić information content (AvgIpc) is 2.76. The van der Waals surface area contributed by atoms with Gasteiger partial charge in [-0.05, 0) is 32.3 Å². The first-order valence-electron chi connectivity index (χ1n) is 7.48. The number of rotatable bonds is 7. The van der Waals surface area contributed by atoms with Crippen LogP contribution in [-0.2, 0) is 19.8 Å². The predicted octanol–water partition coefficient (Wildman–Crippen LogP) is 3.90. The second-order valence-corrected chi connectivity index (χ2v) is 5.90. The molecule has 1 heterocycles. The third kappa shape index (κ3) is 5.17. The molecule has 1 aromatic heterocycles. The molecule has 0 fully saturated rings. The summed E-state index contributed by atoms with van der Waals surface area (Å²) in [4.78, 5) is 1.80. The smallest absolute Gasteiger partial charge is 0.405 e. The fourth-order valence-corrected chi connectivity index (χ4v) is 2.71. The second kappa shape index (κ2) is 7.83. The Hall–Kier alpha value is -2.13. The molecule has 0 aliphatic carbocycles. The third-order valence-electron chi connectivity index (χ3n) is 3.43. The SMILES string of the molecule is C=CCn1c(C)nn(CN(C)Cc2ccccc2OC(F)(F)F)c1=S. The molecule has 9 heteroatoms. The van der Waals surface area contributed by atoms with Crippen LogP contribution >= 0.6 is 12.2 Å². The number of allylic oxidation sites excluding steroid dienone is 1. The molecule has 0 radical (unpaired) electrons. The Labute approximate surface area is 148 Å². The minimum Gasteiger partial charge on any atom is -0.405 e. The molecule has 0 amide bonds. The Morgan fingerprint density at radius 2 is 2.04 bits per heavy atom. The van der Waals surface area contributed by atoms with Gasteiger partial charge in [0.15, 0.2) is 4.77 Å². The van der Waals surface area contributed by atoms with Crippen molar-refractivity contribution in [3.8, 4) is 5.75 Å². The third-order valence-corrected chi connectivity index (χ3v) is 3.86. The summed E-state index contributed by atoms with van der Waals surface area (Å²) in [6.45, 7) is 6.66. The molecule has 2 aromatic rings. The summed E-state index contributed by atoms with van der Waals surface area (Å²) in [7, 11) is 1.77. The largest absolute Gasteiger partial charge is 0.573 e. The van der Waals surface area contributed by atoms with Crippen molar-refractivity contribution in [3.05, 3.63) is 53.1 Å². The van der Waals surface area contributed by atoms with E-state index in [-0.39, 0.29) is 12.3 Å². The van der Waals surface area contributed by atoms with Gasteiger partial charge in [0.2, 0.25) is 0 Å². The van der Waals surface area contributed by atoms with E-state index in [1.54, 1.807) is 34.8 Å². The van der Waals surface area contributed by atoms with Gasteiger partial charge in [-0.25, -0.2) is 4.68 Å². The lowest BCUT2D eigenvalue weighted by atomic mass is 10.2. The molecule has 0 N–H and O–H groups in total. The van der Waals surface area contributed by atoms with Crippen LogP contribution in [0.4, 0.5) is 13.2 Å². The standard InChI is InChI=1S/C16H19F3N4OS/c1-4-9-22-12(2)20-23(15(22)25)11-21(3)10-13-7-5-6-8-14(13)24-16(17,18)19/h4-8H,1,9-11H2,2-3H3. The van der Waals surface area contributed by atoms with Crippen molar-refractivity contribution in [2.45, 2.75) is 33.0 Å². The summed E-state index contributed by atoms with van der Waals surface area (Å²) in [5.41, 5.74) is 0.427. The lowest BCUT2D eigenvalue weighted by Crippen LogP contribution is -2.24. The molecule has 136 valence electrons. The van der Waals surface area contributed by atoms with Gasteiger partial charge in [0, 0.05) is 18.7 Å². The van der Waals surface area contributed by atoms with Crippen molar-refractivity contribution in [3.63, 3.8) is 0 Å². The topological polar surface area (TPSA) is 35.2 Å². The first kappa shape index (κ1) is 19.2.